The first kappa shape index (κ1) is 18.7. The van der Waals surface area contributed by atoms with Crippen LogP contribution in [0.4, 0.5) is 0 Å². The summed E-state index contributed by atoms with van der Waals surface area (Å²) in [5.41, 5.74) is 3.55. The van der Waals surface area contributed by atoms with E-state index in [0.29, 0.717) is 24.3 Å². The lowest BCUT2D eigenvalue weighted by Crippen LogP contribution is -2.10. The van der Waals surface area contributed by atoms with Crippen LogP contribution in [-0.2, 0) is 9.47 Å². The number of carbonyl (C=O) groups excluding carboxylic acids is 2. The molecule has 0 amide bonds. The lowest BCUT2D eigenvalue weighted by Gasteiger charge is -2.10. The largest absolute Gasteiger partial charge is 0.462 e. The molecule has 25 heavy (non-hydrogen) atoms. The molecule has 0 fully saturated rings. The van der Waals surface area contributed by atoms with E-state index in [1.165, 1.54) is 6.07 Å². The fourth-order valence-electron chi connectivity index (χ4n) is 2.41. The van der Waals surface area contributed by atoms with Crippen molar-refractivity contribution < 1.29 is 19.1 Å². The number of hydrogen-bond acceptors (Lipinski definition) is 4. The Balaban J connectivity index is 2.43. The molecule has 0 bridgehead atoms. The van der Waals surface area contributed by atoms with E-state index in [9.17, 15) is 9.59 Å². The van der Waals surface area contributed by atoms with Crippen LogP contribution in [0.3, 0.4) is 0 Å². The van der Waals surface area contributed by atoms with Crippen molar-refractivity contribution in [3.05, 3.63) is 59.2 Å². The van der Waals surface area contributed by atoms with Gasteiger partial charge in [0.25, 0.3) is 0 Å². The van der Waals surface area contributed by atoms with E-state index >= 15 is 0 Å². The SMILES string of the molecule is CCCOC(=O)c1cc(C(=O)OCCC)cc(-c2cccc(C)c2)c1. The molecule has 0 radical (unpaired) electrons. The Morgan fingerprint density at radius 3 is 1.84 bits per heavy atom. The average molecular weight is 340 g/mol. The van der Waals surface area contributed by atoms with Gasteiger partial charge in [0.1, 0.15) is 0 Å². The van der Waals surface area contributed by atoms with Crippen LogP contribution in [0, 0.1) is 6.92 Å². The van der Waals surface area contributed by atoms with E-state index in [2.05, 4.69) is 0 Å². The van der Waals surface area contributed by atoms with E-state index in [1.54, 1.807) is 12.1 Å². The fraction of sp³-hybridized carbons (Fsp3) is 0.333. The van der Waals surface area contributed by atoms with Gasteiger partial charge in [0.05, 0.1) is 24.3 Å². The number of aryl methyl sites for hydroxylation is 1. The molecule has 0 aliphatic rings. The summed E-state index contributed by atoms with van der Waals surface area (Å²) in [7, 11) is 0. The first-order chi connectivity index (χ1) is 12.0. The second-order valence-electron chi connectivity index (χ2n) is 5.94. The van der Waals surface area contributed by atoms with Crippen molar-refractivity contribution in [2.75, 3.05) is 13.2 Å². The molecule has 0 heterocycles. The summed E-state index contributed by atoms with van der Waals surface area (Å²) in [6.45, 7) is 6.57. The molecule has 132 valence electrons. The molecule has 2 aromatic rings. The van der Waals surface area contributed by atoms with E-state index in [-0.39, 0.29) is 0 Å². The van der Waals surface area contributed by atoms with Crippen LogP contribution in [-0.4, -0.2) is 25.2 Å². The monoisotopic (exact) mass is 340 g/mol. The van der Waals surface area contributed by atoms with Crippen LogP contribution in [0.5, 0.6) is 0 Å². The highest BCUT2D eigenvalue weighted by Crippen LogP contribution is 2.24. The molecule has 4 heteroatoms. The molecule has 0 spiro atoms. The minimum Gasteiger partial charge on any atom is -0.462 e. The number of benzene rings is 2. The third-order valence-electron chi connectivity index (χ3n) is 3.63. The number of hydrogen-bond donors (Lipinski definition) is 0. The van der Waals surface area contributed by atoms with Gasteiger partial charge in [-0.15, -0.1) is 0 Å². The minimum absolute atomic E-state index is 0.350. The molecule has 2 rings (SSSR count). The standard InChI is InChI=1S/C21H24O4/c1-4-9-24-20(22)18-12-17(16-8-6-7-15(3)11-16)13-19(14-18)21(23)25-10-5-2/h6-8,11-14H,4-5,9-10H2,1-3H3. The quantitative estimate of drug-likeness (QED) is 0.680. The average Bonchev–Trinajstić information content (AvgIpc) is 2.63. The molecule has 0 saturated carbocycles. The third-order valence-corrected chi connectivity index (χ3v) is 3.63. The first-order valence-corrected chi connectivity index (χ1v) is 8.61. The maximum absolute atomic E-state index is 12.3. The van der Waals surface area contributed by atoms with Gasteiger partial charge >= 0.3 is 11.9 Å². The van der Waals surface area contributed by atoms with Gasteiger partial charge in [-0.2, -0.15) is 0 Å². The Bertz CT molecular complexity index is 711. The lowest BCUT2D eigenvalue weighted by atomic mass is 9.98. The van der Waals surface area contributed by atoms with Crippen LogP contribution in [0.15, 0.2) is 42.5 Å². The van der Waals surface area contributed by atoms with Crippen LogP contribution in [0.1, 0.15) is 53.0 Å². The molecule has 0 unspecified atom stereocenters. The molecule has 0 aliphatic carbocycles. The zero-order valence-corrected chi connectivity index (χ0v) is 15.0. The molecule has 4 nitrogen and oxygen atoms in total. The summed E-state index contributed by atoms with van der Waals surface area (Å²) in [6.07, 6.45) is 1.49. The Morgan fingerprint density at radius 1 is 0.800 bits per heavy atom. The van der Waals surface area contributed by atoms with Crippen LogP contribution < -0.4 is 0 Å². The van der Waals surface area contributed by atoms with Crippen LogP contribution in [0.25, 0.3) is 11.1 Å². The van der Waals surface area contributed by atoms with E-state index in [1.807, 2.05) is 45.0 Å². The van der Waals surface area contributed by atoms with Crippen molar-refractivity contribution in [2.45, 2.75) is 33.6 Å². The van der Waals surface area contributed by atoms with Gasteiger partial charge in [-0.1, -0.05) is 43.7 Å². The number of carbonyl (C=O) groups is 2. The maximum Gasteiger partial charge on any atom is 0.338 e. The van der Waals surface area contributed by atoms with E-state index in [0.717, 1.165) is 29.5 Å². The van der Waals surface area contributed by atoms with Crippen molar-refractivity contribution in [3.8, 4) is 11.1 Å². The van der Waals surface area contributed by atoms with Gasteiger partial charge in [0.15, 0.2) is 0 Å². The molecule has 2 aromatic carbocycles. The molecular formula is C21H24O4. The molecule has 0 saturated heterocycles. The molecular weight excluding hydrogens is 316 g/mol. The molecule has 0 aromatic heterocycles. The number of ether oxygens (including phenoxy) is 2. The number of esters is 2. The predicted octanol–water partition coefficient (Wildman–Crippen LogP) is 4.80. The molecule has 0 aliphatic heterocycles. The maximum atomic E-state index is 12.3. The van der Waals surface area contributed by atoms with Gasteiger partial charge in [-0.3, -0.25) is 0 Å². The first-order valence-electron chi connectivity index (χ1n) is 8.61. The van der Waals surface area contributed by atoms with Gasteiger partial charge in [-0.25, -0.2) is 9.59 Å². The predicted molar refractivity (Wildman–Crippen MR) is 97.8 cm³/mol. The van der Waals surface area contributed by atoms with Gasteiger partial charge < -0.3 is 9.47 Å². The van der Waals surface area contributed by atoms with Crippen molar-refractivity contribution in [2.24, 2.45) is 0 Å². The smallest absolute Gasteiger partial charge is 0.338 e. The second kappa shape index (κ2) is 9.02. The summed E-state index contributed by atoms with van der Waals surface area (Å²) in [4.78, 5) is 24.5. The van der Waals surface area contributed by atoms with E-state index in [4.69, 9.17) is 9.47 Å². The highest BCUT2D eigenvalue weighted by Gasteiger charge is 2.15. The zero-order valence-electron chi connectivity index (χ0n) is 15.0. The van der Waals surface area contributed by atoms with E-state index < -0.39 is 11.9 Å². The van der Waals surface area contributed by atoms with Gasteiger partial charge in [0, 0.05) is 0 Å². The van der Waals surface area contributed by atoms with Gasteiger partial charge in [0.2, 0.25) is 0 Å². The lowest BCUT2D eigenvalue weighted by molar-refractivity contribution is 0.0503. The second-order valence-corrected chi connectivity index (χ2v) is 5.94. The summed E-state index contributed by atoms with van der Waals surface area (Å²) in [5, 5.41) is 0. The Hall–Kier alpha value is -2.62. The summed E-state index contributed by atoms with van der Waals surface area (Å²) in [5.74, 6) is -0.859. The fourth-order valence-corrected chi connectivity index (χ4v) is 2.41. The van der Waals surface area contributed by atoms with Crippen molar-refractivity contribution >= 4 is 11.9 Å². The molecule has 0 atom stereocenters. The van der Waals surface area contributed by atoms with Gasteiger partial charge in [-0.05, 0) is 49.1 Å². The van der Waals surface area contributed by atoms with Crippen molar-refractivity contribution in [1.82, 2.24) is 0 Å². The Kier molecular flexibility index (Phi) is 6.75. The summed E-state index contributed by atoms with van der Waals surface area (Å²) >= 11 is 0. The summed E-state index contributed by atoms with van der Waals surface area (Å²) in [6, 6.07) is 12.9. The minimum atomic E-state index is -0.430. The van der Waals surface area contributed by atoms with Crippen molar-refractivity contribution in [1.29, 1.82) is 0 Å². The summed E-state index contributed by atoms with van der Waals surface area (Å²) < 4.78 is 10.4. The number of rotatable bonds is 7. The van der Waals surface area contributed by atoms with Crippen molar-refractivity contribution in [3.63, 3.8) is 0 Å². The normalized spacial score (nSPS) is 10.4. The third kappa shape index (κ3) is 5.18. The Labute approximate surface area is 148 Å². The zero-order chi connectivity index (χ0) is 18.2. The highest BCUT2D eigenvalue weighted by atomic mass is 16.5. The molecule has 0 N–H and O–H groups in total. The van der Waals surface area contributed by atoms with Crippen LogP contribution >= 0.6 is 0 Å². The topological polar surface area (TPSA) is 52.6 Å². The Morgan fingerprint density at radius 2 is 1.36 bits per heavy atom. The highest BCUT2D eigenvalue weighted by molar-refractivity contribution is 5.97. The van der Waals surface area contributed by atoms with Crippen LogP contribution in [0.2, 0.25) is 0 Å².